The van der Waals surface area contributed by atoms with Crippen LogP contribution in [-0.4, -0.2) is 51.2 Å². The summed E-state index contributed by atoms with van der Waals surface area (Å²) >= 11 is 0. The number of nitrogens with one attached hydrogen (secondary N) is 1. The van der Waals surface area contributed by atoms with Gasteiger partial charge in [0.25, 0.3) is 0 Å². The van der Waals surface area contributed by atoms with Crippen molar-refractivity contribution in [2.75, 3.05) is 33.5 Å². The summed E-state index contributed by atoms with van der Waals surface area (Å²) in [6, 6.07) is 0.594. The summed E-state index contributed by atoms with van der Waals surface area (Å²) in [6.07, 6.45) is 10.2. The van der Waals surface area contributed by atoms with Crippen LogP contribution < -0.4 is 5.32 Å². The Hall–Kier alpha value is -0.160. The maximum Gasteiger partial charge on any atom is 0.0939 e. The van der Waals surface area contributed by atoms with Crippen LogP contribution >= 0.6 is 0 Å². The third-order valence-corrected chi connectivity index (χ3v) is 5.61. The van der Waals surface area contributed by atoms with Gasteiger partial charge in [0.05, 0.1) is 18.3 Å². The molecule has 122 valence electrons. The lowest BCUT2D eigenvalue weighted by molar-refractivity contribution is -0.103. The summed E-state index contributed by atoms with van der Waals surface area (Å²) in [5.74, 6) is 0.717. The smallest absolute Gasteiger partial charge is 0.0939 e. The van der Waals surface area contributed by atoms with Crippen LogP contribution in [0.1, 0.15) is 51.4 Å². The molecule has 1 spiro atoms. The molecule has 3 saturated heterocycles. The van der Waals surface area contributed by atoms with E-state index in [0.29, 0.717) is 18.1 Å². The molecule has 4 heteroatoms. The summed E-state index contributed by atoms with van der Waals surface area (Å²) in [7, 11) is 2.11. The highest BCUT2D eigenvalue weighted by Crippen LogP contribution is 2.38. The molecule has 3 aliphatic rings. The molecule has 0 amide bonds. The van der Waals surface area contributed by atoms with Crippen LogP contribution in [0.2, 0.25) is 0 Å². The average Bonchev–Trinajstić information content (AvgIpc) is 2.97. The van der Waals surface area contributed by atoms with E-state index in [9.17, 15) is 0 Å². The van der Waals surface area contributed by atoms with Crippen molar-refractivity contribution in [3.05, 3.63) is 0 Å². The fourth-order valence-corrected chi connectivity index (χ4v) is 4.29. The minimum atomic E-state index is 0.0271. The Morgan fingerprint density at radius 1 is 1.19 bits per heavy atom. The summed E-state index contributed by atoms with van der Waals surface area (Å²) in [5.41, 5.74) is 0.0271. The van der Waals surface area contributed by atoms with Crippen LogP contribution in [-0.2, 0) is 14.2 Å². The second kappa shape index (κ2) is 7.40. The Bertz CT molecular complexity index is 311. The van der Waals surface area contributed by atoms with Crippen LogP contribution in [0.15, 0.2) is 0 Å². The van der Waals surface area contributed by atoms with Crippen molar-refractivity contribution >= 4 is 0 Å². The Balaban J connectivity index is 1.50. The fraction of sp³-hybridized carbons (Fsp3) is 1.00. The van der Waals surface area contributed by atoms with Crippen LogP contribution in [0.25, 0.3) is 0 Å². The molecule has 3 aliphatic heterocycles. The summed E-state index contributed by atoms with van der Waals surface area (Å²) < 4.78 is 17.5. The van der Waals surface area contributed by atoms with E-state index < -0.39 is 0 Å². The number of rotatable bonds is 5. The fourth-order valence-electron chi connectivity index (χ4n) is 4.29. The molecule has 3 rings (SSSR count). The molecule has 0 aromatic heterocycles. The van der Waals surface area contributed by atoms with Crippen molar-refractivity contribution < 1.29 is 14.2 Å². The van der Waals surface area contributed by atoms with Crippen molar-refractivity contribution in [1.82, 2.24) is 5.32 Å². The maximum absolute atomic E-state index is 6.07. The van der Waals surface area contributed by atoms with E-state index in [1.165, 1.54) is 38.5 Å². The Labute approximate surface area is 128 Å². The third-order valence-electron chi connectivity index (χ3n) is 5.61. The van der Waals surface area contributed by atoms with E-state index in [1.807, 2.05) is 0 Å². The van der Waals surface area contributed by atoms with Gasteiger partial charge in [-0.05, 0) is 57.9 Å². The highest BCUT2D eigenvalue weighted by molar-refractivity contribution is 4.93. The molecule has 4 nitrogen and oxygen atoms in total. The van der Waals surface area contributed by atoms with Crippen LogP contribution in [0.5, 0.6) is 0 Å². The quantitative estimate of drug-likeness (QED) is 0.846. The zero-order chi connectivity index (χ0) is 14.5. The first-order valence-corrected chi connectivity index (χ1v) is 8.82. The van der Waals surface area contributed by atoms with E-state index >= 15 is 0 Å². The Morgan fingerprint density at radius 3 is 2.86 bits per heavy atom. The normalized spacial score (nSPS) is 38.7. The minimum Gasteiger partial charge on any atom is -0.378 e. The first-order valence-electron chi connectivity index (χ1n) is 8.82. The molecule has 4 unspecified atom stereocenters. The molecular weight excluding hydrogens is 266 g/mol. The zero-order valence-electron chi connectivity index (χ0n) is 13.4. The third kappa shape index (κ3) is 3.98. The first kappa shape index (κ1) is 15.7. The summed E-state index contributed by atoms with van der Waals surface area (Å²) in [5, 5.41) is 3.57. The highest BCUT2D eigenvalue weighted by Gasteiger charge is 2.42. The van der Waals surface area contributed by atoms with Crippen LogP contribution in [0.4, 0.5) is 0 Å². The molecule has 0 bridgehead atoms. The molecule has 0 aliphatic carbocycles. The van der Waals surface area contributed by atoms with Crippen molar-refractivity contribution in [2.45, 2.75) is 69.1 Å². The van der Waals surface area contributed by atoms with Crippen molar-refractivity contribution in [3.8, 4) is 0 Å². The lowest BCUT2D eigenvalue weighted by Crippen LogP contribution is -2.46. The molecular formula is C17H31NO3. The number of ether oxygens (including phenoxy) is 3. The summed E-state index contributed by atoms with van der Waals surface area (Å²) in [6.45, 7) is 3.53. The van der Waals surface area contributed by atoms with Gasteiger partial charge in [-0.2, -0.15) is 0 Å². The van der Waals surface area contributed by atoms with Gasteiger partial charge in [0.15, 0.2) is 0 Å². The van der Waals surface area contributed by atoms with Crippen LogP contribution in [0.3, 0.4) is 0 Å². The molecule has 0 aromatic carbocycles. The van der Waals surface area contributed by atoms with Crippen molar-refractivity contribution in [3.63, 3.8) is 0 Å². The van der Waals surface area contributed by atoms with Gasteiger partial charge in [0.1, 0.15) is 0 Å². The van der Waals surface area contributed by atoms with Gasteiger partial charge >= 0.3 is 0 Å². The maximum atomic E-state index is 6.07. The minimum absolute atomic E-state index is 0.0271. The van der Waals surface area contributed by atoms with Crippen molar-refractivity contribution in [2.24, 2.45) is 5.92 Å². The zero-order valence-corrected chi connectivity index (χ0v) is 13.4. The predicted molar refractivity (Wildman–Crippen MR) is 82.5 cm³/mol. The first-order chi connectivity index (χ1) is 10.3. The Morgan fingerprint density at radius 2 is 2.14 bits per heavy atom. The van der Waals surface area contributed by atoms with Gasteiger partial charge in [-0.1, -0.05) is 0 Å². The van der Waals surface area contributed by atoms with Gasteiger partial charge in [0, 0.05) is 32.3 Å². The lowest BCUT2D eigenvalue weighted by Gasteiger charge is -2.40. The molecule has 3 fully saturated rings. The number of hydrogen-bond acceptors (Lipinski definition) is 4. The topological polar surface area (TPSA) is 39.7 Å². The molecule has 0 radical (unpaired) electrons. The predicted octanol–water partition coefficient (Wildman–Crippen LogP) is 2.51. The molecule has 3 heterocycles. The average molecular weight is 297 g/mol. The van der Waals surface area contributed by atoms with E-state index in [1.54, 1.807) is 0 Å². The van der Waals surface area contributed by atoms with Crippen molar-refractivity contribution in [1.29, 1.82) is 0 Å². The molecule has 21 heavy (non-hydrogen) atoms. The molecule has 4 atom stereocenters. The van der Waals surface area contributed by atoms with Gasteiger partial charge in [-0.15, -0.1) is 0 Å². The SMILES string of the molecule is CNC(CCC1CCCCO1)C1CCOC2(CCOC2)C1. The largest absolute Gasteiger partial charge is 0.378 e. The van der Waals surface area contributed by atoms with Gasteiger partial charge < -0.3 is 19.5 Å². The van der Waals surface area contributed by atoms with E-state index in [2.05, 4.69) is 12.4 Å². The second-order valence-corrected chi connectivity index (χ2v) is 7.05. The highest BCUT2D eigenvalue weighted by atomic mass is 16.6. The molecule has 0 aromatic rings. The Kier molecular flexibility index (Phi) is 5.54. The lowest BCUT2D eigenvalue weighted by atomic mass is 9.79. The van der Waals surface area contributed by atoms with Gasteiger partial charge in [0.2, 0.25) is 0 Å². The van der Waals surface area contributed by atoms with E-state index in [4.69, 9.17) is 14.2 Å². The molecule has 1 N–H and O–H groups in total. The second-order valence-electron chi connectivity index (χ2n) is 7.05. The van der Waals surface area contributed by atoms with Gasteiger partial charge in [-0.25, -0.2) is 0 Å². The van der Waals surface area contributed by atoms with Gasteiger partial charge in [-0.3, -0.25) is 0 Å². The van der Waals surface area contributed by atoms with Crippen LogP contribution in [0, 0.1) is 5.92 Å². The van der Waals surface area contributed by atoms with E-state index in [0.717, 1.165) is 39.3 Å². The summed E-state index contributed by atoms with van der Waals surface area (Å²) in [4.78, 5) is 0. The molecule has 0 saturated carbocycles. The van der Waals surface area contributed by atoms with E-state index in [-0.39, 0.29) is 5.60 Å². The standard InChI is InChI=1S/C17H31NO3/c1-18-16(6-5-15-4-2-3-9-20-15)14-7-10-21-17(12-14)8-11-19-13-17/h14-16,18H,2-13H2,1H3. The number of hydrogen-bond donors (Lipinski definition) is 1. The monoisotopic (exact) mass is 297 g/mol.